The average Bonchev–Trinajstić information content (AvgIpc) is 3.04. The Balaban J connectivity index is 1.63. The lowest BCUT2D eigenvalue weighted by atomic mass is 10.2. The first-order chi connectivity index (χ1) is 11.6. The molecule has 1 aromatic heterocycles. The van der Waals surface area contributed by atoms with Crippen LogP contribution in [-0.2, 0) is 6.54 Å². The van der Waals surface area contributed by atoms with Gasteiger partial charge < -0.3 is 10.2 Å². The van der Waals surface area contributed by atoms with Crippen molar-refractivity contribution in [3.8, 4) is 5.69 Å². The lowest BCUT2D eigenvalue weighted by molar-refractivity contribution is 0.508. The predicted molar refractivity (Wildman–Crippen MR) is 102 cm³/mol. The molecule has 3 rings (SSSR count). The monoisotopic (exact) mass is 336 g/mol. The highest BCUT2D eigenvalue weighted by Gasteiger charge is 2.08. The molecule has 0 aliphatic rings. The number of aromatic nitrogens is 2. The fourth-order valence-corrected chi connectivity index (χ4v) is 2.63. The molecule has 1 heterocycles. The molecule has 0 bridgehead atoms. The lowest BCUT2D eigenvalue weighted by Crippen LogP contribution is -2.30. The summed E-state index contributed by atoms with van der Waals surface area (Å²) in [4.78, 5) is 2.00. The summed E-state index contributed by atoms with van der Waals surface area (Å²) < 4.78 is 1.88. The van der Waals surface area contributed by atoms with Gasteiger partial charge >= 0.3 is 0 Å². The molecule has 0 amide bonds. The Hall–Kier alpha value is -2.66. The molecule has 0 aliphatic heterocycles. The van der Waals surface area contributed by atoms with E-state index in [0.717, 1.165) is 16.9 Å². The van der Waals surface area contributed by atoms with E-state index in [4.69, 9.17) is 12.2 Å². The Labute approximate surface area is 147 Å². The predicted octanol–water partition coefficient (Wildman–Crippen LogP) is 4.01. The Morgan fingerprint density at radius 3 is 2.71 bits per heavy atom. The van der Waals surface area contributed by atoms with Crippen LogP contribution in [0.1, 0.15) is 11.1 Å². The molecule has 24 heavy (non-hydrogen) atoms. The molecular formula is C19H20N4S. The van der Waals surface area contributed by atoms with Crippen LogP contribution in [0, 0.1) is 6.92 Å². The van der Waals surface area contributed by atoms with Crippen LogP contribution in [0.15, 0.2) is 67.0 Å². The molecule has 0 saturated heterocycles. The smallest absolute Gasteiger partial charge is 0.173 e. The van der Waals surface area contributed by atoms with Crippen molar-refractivity contribution in [1.82, 2.24) is 14.7 Å². The highest BCUT2D eigenvalue weighted by molar-refractivity contribution is 7.80. The van der Waals surface area contributed by atoms with Gasteiger partial charge in [-0.1, -0.05) is 30.3 Å². The first kappa shape index (κ1) is 16.2. The van der Waals surface area contributed by atoms with Crippen LogP contribution in [0.4, 0.5) is 5.69 Å². The average molecular weight is 336 g/mol. The molecule has 0 spiro atoms. The zero-order valence-electron chi connectivity index (χ0n) is 13.8. The van der Waals surface area contributed by atoms with Crippen molar-refractivity contribution in [1.29, 1.82) is 0 Å². The van der Waals surface area contributed by atoms with E-state index >= 15 is 0 Å². The summed E-state index contributed by atoms with van der Waals surface area (Å²) >= 11 is 5.49. The second-order valence-electron chi connectivity index (χ2n) is 5.78. The molecule has 3 aromatic rings. The number of hydrogen-bond acceptors (Lipinski definition) is 2. The lowest BCUT2D eigenvalue weighted by Gasteiger charge is -2.20. The molecule has 0 fully saturated rings. The van der Waals surface area contributed by atoms with Crippen LogP contribution in [0.5, 0.6) is 0 Å². The maximum Gasteiger partial charge on any atom is 0.173 e. The molecular weight excluding hydrogens is 316 g/mol. The summed E-state index contributed by atoms with van der Waals surface area (Å²) in [5, 5.41) is 8.38. The zero-order valence-corrected chi connectivity index (χ0v) is 14.6. The van der Waals surface area contributed by atoms with E-state index in [2.05, 4.69) is 29.5 Å². The fraction of sp³-hybridized carbons (Fsp3) is 0.158. The Morgan fingerprint density at radius 2 is 1.96 bits per heavy atom. The van der Waals surface area contributed by atoms with Crippen molar-refractivity contribution in [3.05, 3.63) is 78.1 Å². The van der Waals surface area contributed by atoms with E-state index in [-0.39, 0.29) is 0 Å². The molecule has 2 aromatic carbocycles. The first-order valence-electron chi connectivity index (χ1n) is 7.79. The maximum absolute atomic E-state index is 5.49. The highest BCUT2D eigenvalue weighted by Crippen LogP contribution is 2.12. The quantitative estimate of drug-likeness (QED) is 0.730. The number of para-hydroxylation sites is 1. The van der Waals surface area contributed by atoms with Gasteiger partial charge in [-0.05, 0) is 49.0 Å². The second kappa shape index (κ2) is 7.27. The van der Waals surface area contributed by atoms with Crippen LogP contribution >= 0.6 is 12.2 Å². The summed E-state index contributed by atoms with van der Waals surface area (Å²) in [7, 11) is 1.98. The summed E-state index contributed by atoms with van der Waals surface area (Å²) in [6.45, 7) is 2.76. The van der Waals surface area contributed by atoms with Crippen molar-refractivity contribution < 1.29 is 0 Å². The van der Waals surface area contributed by atoms with Crippen LogP contribution in [0.25, 0.3) is 5.69 Å². The van der Waals surface area contributed by atoms with E-state index in [1.165, 1.54) is 5.56 Å². The highest BCUT2D eigenvalue weighted by atomic mass is 32.1. The van der Waals surface area contributed by atoms with E-state index in [1.54, 1.807) is 0 Å². The fourth-order valence-electron chi connectivity index (χ4n) is 2.45. The topological polar surface area (TPSA) is 33.1 Å². The van der Waals surface area contributed by atoms with E-state index in [9.17, 15) is 0 Å². The van der Waals surface area contributed by atoms with Crippen LogP contribution in [0.2, 0.25) is 0 Å². The third-order valence-electron chi connectivity index (χ3n) is 3.69. The Kier molecular flexibility index (Phi) is 4.91. The summed E-state index contributed by atoms with van der Waals surface area (Å²) in [6, 6.07) is 18.2. The third-order valence-corrected chi connectivity index (χ3v) is 4.11. The van der Waals surface area contributed by atoms with Gasteiger partial charge in [0.15, 0.2) is 5.11 Å². The molecule has 0 aliphatic carbocycles. The number of nitrogens with zero attached hydrogens (tertiary/aromatic N) is 3. The van der Waals surface area contributed by atoms with Crippen molar-refractivity contribution in [2.75, 3.05) is 12.4 Å². The van der Waals surface area contributed by atoms with E-state index < -0.39 is 0 Å². The third kappa shape index (κ3) is 4.00. The number of nitrogens with one attached hydrogen (secondary N) is 1. The standard InChI is InChI=1S/C19H20N4S/c1-15-7-6-8-17(11-15)21-19(24)22(2)13-16-12-20-23(14-16)18-9-4-3-5-10-18/h3-12,14H,13H2,1-2H3,(H,21,24). The van der Waals surface area contributed by atoms with Crippen molar-refractivity contribution >= 4 is 23.0 Å². The molecule has 1 N–H and O–H groups in total. The molecule has 0 atom stereocenters. The van der Waals surface area contributed by atoms with Gasteiger partial charge in [-0.3, -0.25) is 0 Å². The number of rotatable bonds is 4. The molecule has 5 heteroatoms. The van der Waals surface area contributed by atoms with Crippen LogP contribution in [0.3, 0.4) is 0 Å². The van der Waals surface area contributed by atoms with Crippen LogP contribution < -0.4 is 5.32 Å². The Bertz CT molecular complexity index is 826. The molecule has 122 valence electrons. The van der Waals surface area contributed by atoms with Gasteiger partial charge in [0.05, 0.1) is 11.9 Å². The maximum atomic E-state index is 5.49. The summed E-state index contributed by atoms with van der Waals surface area (Å²) in [5.74, 6) is 0. The molecule has 0 radical (unpaired) electrons. The van der Waals surface area contributed by atoms with Crippen molar-refractivity contribution in [3.63, 3.8) is 0 Å². The number of anilines is 1. The van der Waals surface area contributed by atoms with Gasteiger partial charge in [-0.2, -0.15) is 5.10 Å². The Morgan fingerprint density at radius 1 is 1.17 bits per heavy atom. The van der Waals surface area contributed by atoms with Crippen molar-refractivity contribution in [2.45, 2.75) is 13.5 Å². The SMILES string of the molecule is Cc1cccc(NC(=S)N(C)Cc2cnn(-c3ccccc3)c2)c1. The van der Waals surface area contributed by atoms with Gasteiger partial charge in [-0.15, -0.1) is 0 Å². The second-order valence-corrected chi connectivity index (χ2v) is 6.17. The van der Waals surface area contributed by atoms with Gasteiger partial charge in [0.1, 0.15) is 0 Å². The molecule has 0 unspecified atom stereocenters. The summed E-state index contributed by atoms with van der Waals surface area (Å²) in [6.07, 6.45) is 3.90. The number of thiocarbonyl (C=S) groups is 1. The van der Waals surface area contributed by atoms with Crippen LogP contribution in [-0.4, -0.2) is 26.8 Å². The zero-order chi connectivity index (χ0) is 16.9. The molecule has 4 nitrogen and oxygen atoms in total. The first-order valence-corrected chi connectivity index (χ1v) is 8.20. The normalized spacial score (nSPS) is 10.4. The van der Waals surface area contributed by atoms with Gasteiger partial charge in [-0.25, -0.2) is 4.68 Å². The minimum absolute atomic E-state index is 0.688. The minimum atomic E-state index is 0.688. The van der Waals surface area contributed by atoms with E-state index in [0.29, 0.717) is 11.7 Å². The van der Waals surface area contributed by atoms with Gasteiger partial charge in [0.2, 0.25) is 0 Å². The van der Waals surface area contributed by atoms with Gasteiger partial charge in [0, 0.05) is 31.0 Å². The molecule has 0 saturated carbocycles. The minimum Gasteiger partial charge on any atom is -0.348 e. The summed E-state index contributed by atoms with van der Waals surface area (Å²) in [5.41, 5.74) is 4.36. The van der Waals surface area contributed by atoms with E-state index in [1.807, 2.05) is 71.5 Å². The largest absolute Gasteiger partial charge is 0.348 e. The van der Waals surface area contributed by atoms with Crippen molar-refractivity contribution in [2.24, 2.45) is 0 Å². The number of benzene rings is 2. The van der Waals surface area contributed by atoms with Gasteiger partial charge in [0.25, 0.3) is 0 Å². The number of hydrogen-bond donors (Lipinski definition) is 1. The number of aryl methyl sites for hydroxylation is 1.